The lowest BCUT2D eigenvalue weighted by atomic mass is 10.1. The second kappa shape index (κ2) is 5.38. The standard InChI is InChI=1S/C13H20N2O2S/c1-11-3-5-13(6-4-11)10-15-12(2)9-14-7-8-18(15,16)17/h3-6,12,14H,7-10H2,1-2H3. The van der Waals surface area contributed by atoms with Gasteiger partial charge in [0.05, 0.1) is 5.75 Å². The quantitative estimate of drug-likeness (QED) is 0.874. The summed E-state index contributed by atoms with van der Waals surface area (Å²) in [5.74, 6) is 0.184. The first-order chi connectivity index (χ1) is 8.49. The van der Waals surface area contributed by atoms with E-state index in [1.807, 2.05) is 38.1 Å². The minimum Gasteiger partial charge on any atom is -0.314 e. The average Bonchev–Trinajstić information content (AvgIpc) is 2.44. The van der Waals surface area contributed by atoms with Gasteiger partial charge < -0.3 is 5.32 Å². The largest absolute Gasteiger partial charge is 0.314 e. The van der Waals surface area contributed by atoms with Crippen LogP contribution in [0, 0.1) is 6.92 Å². The lowest BCUT2D eigenvalue weighted by Gasteiger charge is -2.25. The van der Waals surface area contributed by atoms with Crippen LogP contribution in [-0.2, 0) is 16.6 Å². The topological polar surface area (TPSA) is 49.4 Å². The molecule has 1 aliphatic rings. The fourth-order valence-electron chi connectivity index (χ4n) is 2.13. The Labute approximate surface area is 109 Å². The molecular formula is C13H20N2O2S. The Kier molecular flexibility index (Phi) is 4.04. The van der Waals surface area contributed by atoms with Crippen molar-refractivity contribution in [2.24, 2.45) is 0 Å². The molecule has 0 saturated carbocycles. The Morgan fingerprint density at radius 3 is 2.67 bits per heavy atom. The van der Waals surface area contributed by atoms with Gasteiger partial charge in [-0.05, 0) is 19.4 Å². The van der Waals surface area contributed by atoms with Crippen LogP contribution in [0.1, 0.15) is 18.1 Å². The molecule has 0 aromatic heterocycles. The maximum absolute atomic E-state index is 12.2. The van der Waals surface area contributed by atoms with Crippen LogP contribution >= 0.6 is 0 Å². The van der Waals surface area contributed by atoms with Gasteiger partial charge in [-0.1, -0.05) is 29.8 Å². The maximum Gasteiger partial charge on any atom is 0.215 e. The van der Waals surface area contributed by atoms with Crippen molar-refractivity contribution >= 4 is 10.0 Å². The van der Waals surface area contributed by atoms with Crippen LogP contribution in [0.25, 0.3) is 0 Å². The monoisotopic (exact) mass is 268 g/mol. The molecule has 1 aliphatic heterocycles. The molecule has 1 aromatic carbocycles. The molecule has 1 heterocycles. The number of hydrogen-bond acceptors (Lipinski definition) is 3. The molecule has 1 unspecified atom stereocenters. The van der Waals surface area contributed by atoms with Crippen molar-refractivity contribution in [1.29, 1.82) is 0 Å². The molecule has 18 heavy (non-hydrogen) atoms. The molecule has 1 atom stereocenters. The third-order valence-corrected chi connectivity index (χ3v) is 5.21. The number of sulfonamides is 1. The molecule has 0 radical (unpaired) electrons. The Morgan fingerprint density at radius 2 is 2.00 bits per heavy atom. The van der Waals surface area contributed by atoms with Crippen LogP contribution in [0.5, 0.6) is 0 Å². The van der Waals surface area contributed by atoms with Crippen molar-refractivity contribution in [2.45, 2.75) is 26.4 Å². The van der Waals surface area contributed by atoms with Crippen LogP contribution in [-0.4, -0.2) is 37.6 Å². The zero-order valence-corrected chi connectivity index (χ0v) is 11.7. The van der Waals surface area contributed by atoms with Gasteiger partial charge >= 0.3 is 0 Å². The molecular weight excluding hydrogens is 248 g/mol. The van der Waals surface area contributed by atoms with Gasteiger partial charge in [-0.15, -0.1) is 0 Å². The summed E-state index contributed by atoms with van der Waals surface area (Å²) in [6, 6.07) is 8.02. The highest BCUT2D eigenvalue weighted by atomic mass is 32.2. The fraction of sp³-hybridized carbons (Fsp3) is 0.538. The first kappa shape index (κ1) is 13.5. The number of benzene rings is 1. The first-order valence-electron chi connectivity index (χ1n) is 6.25. The Hall–Kier alpha value is -0.910. The molecule has 100 valence electrons. The number of aryl methyl sites for hydroxylation is 1. The van der Waals surface area contributed by atoms with Gasteiger partial charge in [0.2, 0.25) is 10.0 Å². The van der Waals surface area contributed by atoms with Gasteiger partial charge in [0.15, 0.2) is 0 Å². The van der Waals surface area contributed by atoms with Crippen molar-refractivity contribution < 1.29 is 8.42 Å². The SMILES string of the molecule is Cc1ccc(CN2C(C)CNCCS2(=O)=O)cc1. The van der Waals surface area contributed by atoms with Crippen LogP contribution in [0.15, 0.2) is 24.3 Å². The number of rotatable bonds is 2. The van der Waals surface area contributed by atoms with E-state index in [0.717, 1.165) is 5.56 Å². The molecule has 0 amide bonds. The summed E-state index contributed by atoms with van der Waals surface area (Å²) in [7, 11) is -3.15. The molecule has 0 aliphatic carbocycles. The van der Waals surface area contributed by atoms with E-state index in [-0.39, 0.29) is 11.8 Å². The molecule has 0 spiro atoms. The summed E-state index contributed by atoms with van der Waals surface area (Å²) in [6.45, 7) is 5.69. The zero-order valence-electron chi connectivity index (χ0n) is 10.9. The summed E-state index contributed by atoms with van der Waals surface area (Å²) in [4.78, 5) is 0. The van der Waals surface area contributed by atoms with Crippen molar-refractivity contribution in [2.75, 3.05) is 18.8 Å². The Balaban J connectivity index is 2.21. The number of nitrogens with one attached hydrogen (secondary N) is 1. The maximum atomic E-state index is 12.2. The van der Waals surface area contributed by atoms with Crippen molar-refractivity contribution in [3.05, 3.63) is 35.4 Å². The van der Waals surface area contributed by atoms with Gasteiger partial charge in [-0.2, -0.15) is 4.31 Å². The van der Waals surface area contributed by atoms with E-state index in [4.69, 9.17) is 0 Å². The normalized spacial score (nSPS) is 24.7. The highest BCUT2D eigenvalue weighted by Gasteiger charge is 2.29. The van der Waals surface area contributed by atoms with Crippen LogP contribution in [0.3, 0.4) is 0 Å². The van der Waals surface area contributed by atoms with Crippen LogP contribution in [0.4, 0.5) is 0 Å². The molecule has 1 fully saturated rings. The fourth-order valence-corrected chi connectivity index (χ4v) is 3.74. The van der Waals surface area contributed by atoms with E-state index in [2.05, 4.69) is 5.32 Å². The van der Waals surface area contributed by atoms with Gasteiger partial charge in [0.25, 0.3) is 0 Å². The molecule has 1 N–H and O–H groups in total. The molecule has 2 rings (SSSR count). The van der Waals surface area contributed by atoms with Crippen molar-refractivity contribution in [3.63, 3.8) is 0 Å². The minimum absolute atomic E-state index is 0.00111. The second-order valence-corrected chi connectivity index (χ2v) is 6.94. The Bertz CT molecular complexity index is 496. The van der Waals surface area contributed by atoms with E-state index in [1.165, 1.54) is 5.56 Å². The van der Waals surface area contributed by atoms with E-state index >= 15 is 0 Å². The van der Waals surface area contributed by atoms with Crippen molar-refractivity contribution in [3.8, 4) is 0 Å². The minimum atomic E-state index is -3.15. The van der Waals surface area contributed by atoms with Gasteiger partial charge in [0, 0.05) is 25.7 Å². The molecule has 1 saturated heterocycles. The summed E-state index contributed by atoms with van der Waals surface area (Å²) in [5, 5.41) is 3.16. The first-order valence-corrected chi connectivity index (χ1v) is 7.86. The summed E-state index contributed by atoms with van der Waals surface area (Å²) >= 11 is 0. The van der Waals surface area contributed by atoms with E-state index in [1.54, 1.807) is 4.31 Å². The van der Waals surface area contributed by atoms with Crippen LogP contribution in [0.2, 0.25) is 0 Å². The van der Waals surface area contributed by atoms with E-state index in [9.17, 15) is 8.42 Å². The predicted octanol–water partition coefficient (Wildman–Crippen LogP) is 1.12. The summed E-state index contributed by atoms with van der Waals surface area (Å²) in [5.41, 5.74) is 2.23. The van der Waals surface area contributed by atoms with Gasteiger partial charge in [0.1, 0.15) is 0 Å². The summed E-state index contributed by atoms with van der Waals surface area (Å²) < 4.78 is 25.9. The number of hydrogen-bond donors (Lipinski definition) is 1. The van der Waals surface area contributed by atoms with E-state index < -0.39 is 10.0 Å². The average molecular weight is 268 g/mol. The van der Waals surface area contributed by atoms with Gasteiger partial charge in [-0.25, -0.2) is 8.42 Å². The molecule has 1 aromatic rings. The Morgan fingerprint density at radius 1 is 1.33 bits per heavy atom. The zero-order chi connectivity index (χ0) is 13.2. The van der Waals surface area contributed by atoms with Gasteiger partial charge in [-0.3, -0.25) is 0 Å². The lowest BCUT2D eigenvalue weighted by molar-refractivity contribution is 0.332. The van der Waals surface area contributed by atoms with Crippen LogP contribution < -0.4 is 5.32 Å². The van der Waals surface area contributed by atoms with Crippen molar-refractivity contribution in [1.82, 2.24) is 9.62 Å². The molecule has 4 nitrogen and oxygen atoms in total. The highest BCUT2D eigenvalue weighted by Crippen LogP contribution is 2.15. The molecule has 5 heteroatoms. The molecule has 0 bridgehead atoms. The third kappa shape index (κ3) is 3.10. The third-order valence-electron chi connectivity index (χ3n) is 3.28. The number of nitrogens with zero attached hydrogens (tertiary/aromatic N) is 1. The lowest BCUT2D eigenvalue weighted by Crippen LogP contribution is -2.40. The predicted molar refractivity (Wildman–Crippen MR) is 72.8 cm³/mol. The second-order valence-electron chi connectivity index (χ2n) is 4.90. The summed E-state index contributed by atoms with van der Waals surface area (Å²) in [6.07, 6.45) is 0. The highest BCUT2D eigenvalue weighted by molar-refractivity contribution is 7.89. The smallest absolute Gasteiger partial charge is 0.215 e. The van der Waals surface area contributed by atoms with E-state index in [0.29, 0.717) is 19.6 Å².